The number of pyridine rings is 1. The van der Waals surface area contributed by atoms with Crippen LogP contribution in [0.3, 0.4) is 0 Å². The van der Waals surface area contributed by atoms with Crippen molar-refractivity contribution in [2.45, 2.75) is 6.92 Å². The largest absolute Gasteiger partial charge is 0.396 e. The Morgan fingerprint density at radius 3 is 3.00 bits per heavy atom. The first-order valence-corrected chi connectivity index (χ1v) is 5.26. The van der Waals surface area contributed by atoms with Crippen LogP contribution in [-0.4, -0.2) is 20.5 Å². The highest BCUT2D eigenvalue weighted by atomic mass is 32.1. The zero-order chi connectivity index (χ0) is 11.5. The van der Waals surface area contributed by atoms with Crippen molar-refractivity contribution < 1.29 is 4.79 Å². The van der Waals surface area contributed by atoms with Crippen LogP contribution in [0, 0.1) is 6.92 Å². The van der Waals surface area contributed by atoms with E-state index < -0.39 is 0 Å². The third kappa shape index (κ3) is 1.98. The van der Waals surface area contributed by atoms with E-state index in [-0.39, 0.29) is 5.91 Å². The van der Waals surface area contributed by atoms with Crippen LogP contribution in [0.4, 0.5) is 11.5 Å². The first-order chi connectivity index (χ1) is 7.68. The molecule has 6 nitrogen and oxygen atoms in total. The van der Waals surface area contributed by atoms with Gasteiger partial charge in [-0.3, -0.25) is 4.79 Å². The Kier molecular flexibility index (Phi) is 2.78. The average Bonchev–Trinajstić information content (AvgIpc) is 2.68. The highest BCUT2D eigenvalue weighted by Gasteiger charge is 2.14. The summed E-state index contributed by atoms with van der Waals surface area (Å²) in [5, 5.41) is 6.37. The smallest absolute Gasteiger partial charge is 0.270 e. The van der Waals surface area contributed by atoms with Crippen molar-refractivity contribution in [3.8, 4) is 0 Å². The molecule has 0 spiro atoms. The lowest BCUT2D eigenvalue weighted by Gasteiger charge is -2.04. The average molecular weight is 235 g/mol. The monoisotopic (exact) mass is 235 g/mol. The van der Waals surface area contributed by atoms with Gasteiger partial charge in [0.1, 0.15) is 4.88 Å². The van der Waals surface area contributed by atoms with Crippen LogP contribution in [0.5, 0.6) is 0 Å². The van der Waals surface area contributed by atoms with Gasteiger partial charge in [-0.1, -0.05) is 4.49 Å². The summed E-state index contributed by atoms with van der Waals surface area (Å²) < 4.78 is 3.69. The molecule has 0 aliphatic carbocycles. The van der Waals surface area contributed by atoms with E-state index in [4.69, 9.17) is 5.73 Å². The lowest BCUT2D eigenvalue weighted by Crippen LogP contribution is -2.14. The zero-order valence-corrected chi connectivity index (χ0v) is 9.28. The van der Waals surface area contributed by atoms with E-state index in [1.807, 2.05) is 0 Å². The van der Waals surface area contributed by atoms with Crippen molar-refractivity contribution >= 4 is 28.9 Å². The summed E-state index contributed by atoms with van der Waals surface area (Å²) in [7, 11) is 0. The van der Waals surface area contributed by atoms with Gasteiger partial charge < -0.3 is 11.1 Å². The predicted molar refractivity (Wildman–Crippen MR) is 61.2 cm³/mol. The van der Waals surface area contributed by atoms with Gasteiger partial charge >= 0.3 is 0 Å². The number of carbonyl (C=O) groups is 1. The molecule has 3 N–H and O–H groups in total. The first kappa shape index (κ1) is 10.5. The Hall–Kier alpha value is -2.02. The molecule has 16 heavy (non-hydrogen) atoms. The number of nitrogens with one attached hydrogen (secondary N) is 1. The molecule has 0 aromatic carbocycles. The SMILES string of the molecule is Cc1nnsc1C(=O)Nc1ncccc1N. The van der Waals surface area contributed by atoms with Crippen molar-refractivity contribution in [3.63, 3.8) is 0 Å². The standard InChI is InChI=1S/C9H9N5OS/c1-5-7(16-14-13-5)9(15)12-8-6(10)3-2-4-11-8/h2-4H,10H2,1H3,(H,11,12,15). The van der Waals surface area contributed by atoms with Gasteiger partial charge in [-0.25, -0.2) is 4.98 Å². The number of rotatable bonds is 2. The number of carbonyl (C=O) groups excluding carboxylic acids is 1. The number of nitrogen functional groups attached to an aromatic ring is 1. The molecular weight excluding hydrogens is 226 g/mol. The minimum atomic E-state index is -0.294. The Morgan fingerprint density at radius 1 is 1.56 bits per heavy atom. The van der Waals surface area contributed by atoms with Gasteiger partial charge in [0.15, 0.2) is 5.82 Å². The molecular formula is C9H9N5OS. The van der Waals surface area contributed by atoms with Crippen molar-refractivity contribution in [2.75, 3.05) is 11.1 Å². The molecule has 0 aliphatic rings. The molecule has 0 aliphatic heterocycles. The van der Waals surface area contributed by atoms with E-state index in [0.717, 1.165) is 11.5 Å². The summed E-state index contributed by atoms with van der Waals surface area (Å²) in [6.07, 6.45) is 1.56. The highest BCUT2D eigenvalue weighted by Crippen LogP contribution is 2.16. The van der Waals surface area contributed by atoms with Crippen LogP contribution < -0.4 is 11.1 Å². The van der Waals surface area contributed by atoms with Gasteiger partial charge in [0.25, 0.3) is 5.91 Å². The van der Waals surface area contributed by atoms with Crippen molar-refractivity contribution in [1.29, 1.82) is 0 Å². The Balaban J connectivity index is 2.21. The molecule has 1 amide bonds. The quantitative estimate of drug-likeness (QED) is 0.812. The molecule has 82 valence electrons. The topological polar surface area (TPSA) is 93.8 Å². The maximum atomic E-state index is 11.8. The fourth-order valence-corrected chi connectivity index (χ4v) is 1.68. The fraction of sp³-hybridized carbons (Fsp3) is 0.111. The second kappa shape index (κ2) is 4.23. The number of nitrogens with two attached hydrogens (primary N) is 1. The van der Waals surface area contributed by atoms with E-state index in [1.54, 1.807) is 25.3 Å². The van der Waals surface area contributed by atoms with Crippen molar-refractivity contribution in [3.05, 3.63) is 28.9 Å². The molecule has 0 bridgehead atoms. The molecule has 2 heterocycles. The summed E-state index contributed by atoms with van der Waals surface area (Å²) in [6.45, 7) is 1.72. The number of aromatic nitrogens is 3. The van der Waals surface area contributed by atoms with Crippen LogP contribution in [-0.2, 0) is 0 Å². The van der Waals surface area contributed by atoms with E-state index >= 15 is 0 Å². The molecule has 7 heteroatoms. The molecule has 0 radical (unpaired) electrons. The minimum absolute atomic E-state index is 0.294. The lowest BCUT2D eigenvalue weighted by atomic mass is 10.3. The normalized spacial score (nSPS) is 10.1. The van der Waals surface area contributed by atoms with Gasteiger partial charge in [-0.2, -0.15) is 0 Å². The van der Waals surface area contributed by atoms with Gasteiger partial charge in [0, 0.05) is 6.20 Å². The van der Waals surface area contributed by atoms with E-state index in [0.29, 0.717) is 22.1 Å². The maximum absolute atomic E-state index is 11.8. The van der Waals surface area contributed by atoms with Crippen molar-refractivity contribution in [1.82, 2.24) is 14.6 Å². The van der Waals surface area contributed by atoms with Gasteiger partial charge in [0.05, 0.1) is 11.4 Å². The zero-order valence-electron chi connectivity index (χ0n) is 8.47. The summed E-state index contributed by atoms with van der Waals surface area (Å²) in [6, 6.07) is 3.37. The first-order valence-electron chi connectivity index (χ1n) is 4.49. The molecule has 0 saturated carbocycles. The number of hydrogen-bond acceptors (Lipinski definition) is 6. The third-order valence-corrected chi connectivity index (χ3v) is 2.76. The summed E-state index contributed by atoms with van der Waals surface area (Å²) >= 11 is 1.04. The van der Waals surface area contributed by atoms with Crippen LogP contribution in [0.15, 0.2) is 18.3 Å². The van der Waals surface area contributed by atoms with Gasteiger partial charge in [-0.15, -0.1) is 5.10 Å². The lowest BCUT2D eigenvalue weighted by molar-refractivity contribution is 0.102. The van der Waals surface area contributed by atoms with Crippen LogP contribution in [0.2, 0.25) is 0 Å². The number of aryl methyl sites for hydroxylation is 1. The van der Waals surface area contributed by atoms with Crippen LogP contribution in [0.1, 0.15) is 15.4 Å². The second-order valence-corrected chi connectivity index (χ2v) is 3.84. The van der Waals surface area contributed by atoms with Gasteiger partial charge in [-0.05, 0) is 30.6 Å². The number of nitrogens with zero attached hydrogens (tertiary/aromatic N) is 3. The Labute approximate surface area is 95.7 Å². The predicted octanol–water partition coefficient (Wildman–Crippen LogP) is 1.08. The second-order valence-electron chi connectivity index (χ2n) is 3.08. The Morgan fingerprint density at radius 2 is 2.38 bits per heavy atom. The fourth-order valence-electron chi connectivity index (χ4n) is 1.13. The van der Waals surface area contributed by atoms with Crippen molar-refractivity contribution in [2.24, 2.45) is 0 Å². The summed E-state index contributed by atoms with van der Waals surface area (Å²) in [4.78, 5) is 16.2. The number of amides is 1. The maximum Gasteiger partial charge on any atom is 0.270 e. The molecule has 0 unspecified atom stereocenters. The summed E-state index contributed by atoms with van der Waals surface area (Å²) in [5.41, 5.74) is 6.67. The minimum Gasteiger partial charge on any atom is -0.396 e. The molecule has 2 aromatic rings. The van der Waals surface area contributed by atoms with E-state index in [2.05, 4.69) is 19.9 Å². The highest BCUT2D eigenvalue weighted by molar-refractivity contribution is 7.08. The third-order valence-electron chi connectivity index (χ3n) is 1.93. The number of hydrogen-bond donors (Lipinski definition) is 2. The molecule has 0 atom stereocenters. The summed E-state index contributed by atoms with van der Waals surface area (Å²) in [5.74, 6) is 0.0539. The molecule has 2 rings (SSSR count). The van der Waals surface area contributed by atoms with E-state index in [9.17, 15) is 4.79 Å². The molecule has 2 aromatic heterocycles. The van der Waals surface area contributed by atoms with Gasteiger partial charge in [0.2, 0.25) is 0 Å². The Bertz CT molecular complexity index is 524. The van der Waals surface area contributed by atoms with Crippen LogP contribution >= 0.6 is 11.5 Å². The van der Waals surface area contributed by atoms with E-state index in [1.165, 1.54) is 0 Å². The molecule has 0 fully saturated rings. The van der Waals surface area contributed by atoms with Crippen LogP contribution in [0.25, 0.3) is 0 Å². The molecule has 0 saturated heterocycles. The number of anilines is 2.